The van der Waals surface area contributed by atoms with Crippen LogP contribution in [-0.4, -0.2) is 46.0 Å². The van der Waals surface area contributed by atoms with Gasteiger partial charge in [0.15, 0.2) is 6.29 Å². The molecule has 1 aliphatic rings. The van der Waals surface area contributed by atoms with E-state index in [9.17, 15) is 10.2 Å². The lowest BCUT2D eigenvalue weighted by atomic mass is 9.85. The van der Waals surface area contributed by atoms with Crippen molar-refractivity contribution < 1.29 is 14.9 Å². The first-order valence-corrected chi connectivity index (χ1v) is 11.6. The molecule has 3 heterocycles. The maximum atomic E-state index is 11.2. The highest BCUT2D eigenvalue weighted by atomic mass is 32.1. The normalized spacial score (nSPS) is 17.7. The number of thiophene rings is 1. The minimum atomic E-state index is -0.851. The molecular weight excluding hydrogens is 408 g/mol. The molecule has 2 aromatic carbocycles. The van der Waals surface area contributed by atoms with Gasteiger partial charge < -0.3 is 19.8 Å². The van der Waals surface area contributed by atoms with Crippen molar-refractivity contribution in [1.29, 1.82) is 0 Å². The van der Waals surface area contributed by atoms with Crippen molar-refractivity contribution >= 4 is 32.3 Å². The van der Waals surface area contributed by atoms with E-state index in [1.54, 1.807) is 17.5 Å². The second-order valence-electron chi connectivity index (χ2n) is 8.24. The average molecular weight is 435 g/mol. The highest BCUT2D eigenvalue weighted by Crippen LogP contribution is 2.34. The second kappa shape index (κ2) is 8.55. The van der Waals surface area contributed by atoms with Crippen LogP contribution < -0.4 is 4.74 Å². The Morgan fingerprint density at radius 2 is 1.94 bits per heavy atom. The van der Waals surface area contributed by atoms with E-state index >= 15 is 0 Å². The third-order valence-electron chi connectivity index (χ3n) is 6.22. The number of piperidine rings is 1. The number of hydrogen-bond donors (Lipinski definition) is 2. The van der Waals surface area contributed by atoms with Gasteiger partial charge in [-0.25, -0.2) is 0 Å². The third kappa shape index (κ3) is 4.29. The molecule has 0 radical (unpaired) electrons. The largest absolute Gasteiger partial charge is 0.464 e. The summed E-state index contributed by atoms with van der Waals surface area (Å²) in [6.45, 7) is 2.28. The van der Waals surface area contributed by atoms with Gasteiger partial charge in [0.2, 0.25) is 0 Å². The van der Waals surface area contributed by atoms with Crippen LogP contribution in [0.25, 0.3) is 21.0 Å². The first kappa shape index (κ1) is 20.4. The summed E-state index contributed by atoms with van der Waals surface area (Å²) in [5, 5.41) is 25.8. The van der Waals surface area contributed by atoms with Gasteiger partial charge in [0.05, 0.1) is 11.1 Å². The average Bonchev–Trinajstić information content (AvgIpc) is 3.28. The number of pyridine rings is 1. The fraction of sp³-hybridized carbons (Fsp3) is 0.320. The number of nitrogens with zero attached hydrogens (tertiary/aromatic N) is 2. The van der Waals surface area contributed by atoms with Crippen molar-refractivity contribution in [3.05, 3.63) is 71.7 Å². The van der Waals surface area contributed by atoms with Gasteiger partial charge >= 0.3 is 0 Å². The van der Waals surface area contributed by atoms with Gasteiger partial charge in [-0.1, -0.05) is 24.3 Å². The van der Waals surface area contributed by atoms with E-state index in [4.69, 9.17) is 4.74 Å². The van der Waals surface area contributed by atoms with Crippen LogP contribution in [0, 0.1) is 0 Å². The Balaban J connectivity index is 1.16. The Bertz CT molecular complexity index is 1180. The summed E-state index contributed by atoms with van der Waals surface area (Å²) in [5.41, 5.74) is 0.981. The summed E-state index contributed by atoms with van der Waals surface area (Å²) in [7, 11) is 0. The molecule has 1 aliphatic heterocycles. The monoisotopic (exact) mass is 434 g/mol. The lowest BCUT2D eigenvalue weighted by Crippen LogP contribution is -2.43. The molecule has 1 saturated heterocycles. The quantitative estimate of drug-likeness (QED) is 0.437. The van der Waals surface area contributed by atoms with Crippen molar-refractivity contribution in [3.8, 4) is 5.75 Å². The molecule has 1 atom stereocenters. The summed E-state index contributed by atoms with van der Waals surface area (Å²) in [6, 6.07) is 18.0. The standard InChI is InChI=1S/C25H26N2O3S/c28-24(30-22-6-3-7-23-20(22)9-15-31-23)8-12-27-13-10-25(29,11-14-27)19-16-18-4-1-2-5-21(18)26-17-19/h1-7,9,15-17,24,28-29H,8,10-14H2. The van der Waals surface area contributed by atoms with Crippen LogP contribution in [0.15, 0.2) is 66.2 Å². The van der Waals surface area contributed by atoms with E-state index in [-0.39, 0.29) is 0 Å². The molecule has 0 spiro atoms. The van der Waals surface area contributed by atoms with Crippen LogP contribution in [-0.2, 0) is 5.60 Å². The smallest absolute Gasteiger partial charge is 0.198 e. The summed E-state index contributed by atoms with van der Waals surface area (Å²) >= 11 is 1.67. The van der Waals surface area contributed by atoms with Crippen molar-refractivity contribution in [2.24, 2.45) is 0 Å². The molecule has 2 N–H and O–H groups in total. The predicted molar refractivity (Wildman–Crippen MR) is 124 cm³/mol. The molecule has 1 fully saturated rings. The van der Waals surface area contributed by atoms with E-state index in [0.717, 1.165) is 51.9 Å². The van der Waals surface area contributed by atoms with Gasteiger partial charge in [-0.2, -0.15) is 0 Å². The lowest BCUT2D eigenvalue weighted by Gasteiger charge is -2.38. The van der Waals surface area contributed by atoms with E-state index in [0.29, 0.717) is 19.3 Å². The SMILES string of the molecule is OC(CCN1CCC(O)(c2cnc3ccccc3c2)CC1)Oc1cccc2sccc12. The first-order chi connectivity index (χ1) is 15.1. The molecule has 0 saturated carbocycles. The second-order valence-corrected chi connectivity index (χ2v) is 9.19. The van der Waals surface area contributed by atoms with Crippen molar-refractivity contribution in [1.82, 2.24) is 9.88 Å². The molecule has 2 aromatic heterocycles. The van der Waals surface area contributed by atoms with Crippen LogP contribution in [0.3, 0.4) is 0 Å². The van der Waals surface area contributed by atoms with Gasteiger partial charge in [0.1, 0.15) is 5.75 Å². The number of fused-ring (bicyclic) bond motifs is 2. The molecule has 6 heteroatoms. The van der Waals surface area contributed by atoms with Crippen molar-refractivity contribution in [3.63, 3.8) is 0 Å². The number of ether oxygens (including phenoxy) is 1. The summed E-state index contributed by atoms with van der Waals surface area (Å²) in [6.07, 6.45) is 2.78. The third-order valence-corrected chi connectivity index (χ3v) is 7.10. The Hall–Kier alpha value is -2.51. The van der Waals surface area contributed by atoms with E-state index in [1.165, 1.54) is 0 Å². The number of aliphatic hydroxyl groups excluding tert-OH is 1. The Morgan fingerprint density at radius 1 is 1.10 bits per heavy atom. The zero-order chi connectivity index (χ0) is 21.3. The number of hydrogen-bond acceptors (Lipinski definition) is 6. The molecule has 0 aliphatic carbocycles. The van der Waals surface area contributed by atoms with E-state index < -0.39 is 11.9 Å². The predicted octanol–water partition coefficient (Wildman–Crippen LogP) is 4.52. The summed E-state index contributed by atoms with van der Waals surface area (Å²) in [4.78, 5) is 6.79. The molecule has 4 aromatic rings. The van der Waals surface area contributed by atoms with Gasteiger partial charge in [-0.15, -0.1) is 11.3 Å². The zero-order valence-electron chi connectivity index (χ0n) is 17.3. The van der Waals surface area contributed by atoms with Crippen molar-refractivity contribution in [2.75, 3.05) is 19.6 Å². The Kier molecular flexibility index (Phi) is 5.63. The van der Waals surface area contributed by atoms with Crippen molar-refractivity contribution in [2.45, 2.75) is 31.2 Å². The van der Waals surface area contributed by atoms with Gasteiger partial charge in [0.25, 0.3) is 0 Å². The lowest BCUT2D eigenvalue weighted by molar-refractivity contribution is -0.0471. The maximum absolute atomic E-state index is 11.2. The Morgan fingerprint density at radius 3 is 2.81 bits per heavy atom. The molecule has 160 valence electrons. The maximum Gasteiger partial charge on any atom is 0.198 e. The van der Waals surface area contributed by atoms with Crippen LogP contribution in [0.1, 0.15) is 24.8 Å². The number of likely N-dealkylation sites (tertiary alicyclic amines) is 1. The summed E-state index contributed by atoms with van der Waals surface area (Å²) < 4.78 is 6.96. The molecule has 5 rings (SSSR count). The molecule has 0 bridgehead atoms. The number of rotatable bonds is 6. The zero-order valence-corrected chi connectivity index (χ0v) is 18.1. The molecule has 0 amide bonds. The number of aliphatic hydroxyl groups is 2. The van der Waals surface area contributed by atoms with Crippen LogP contribution >= 0.6 is 11.3 Å². The molecule has 31 heavy (non-hydrogen) atoms. The highest BCUT2D eigenvalue weighted by molar-refractivity contribution is 7.17. The fourth-order valence-electron chi connectivity index (χ4n) is 4.33. The topological polar surface area (TPSA) is 65.8 Å². The van der Waals surface area contributed by atoms with E-state index in [1.807, 2.05) is 47.8 Å². The highest BCUT2D eigenvalue weighted by Gasteiger charge is 2.34. The molecule has 5 nitrogen and oxygen atoms in total. The minimum Gasteiger partial charge on any atom is -0.464 e. The number of para-hydroxylation sites is 1. The Labute approximate surface area is 185 Å². The fourth-order valence-corrected chi connectivity index (χ4v) is 5.13. The number of benzene rings is 2. The molecule has 1 unspecified atom stereocenters. The molecular formula is C25H26N2O3S. The summed E-state index contributed by atoms with van der Waals surface area (Å²) in [5.74, 6) is 0.725. The van der Waals surface area contributed by atoms with Gasteiger partial charge in [-0.05, 0) is 48.6 Å². The van der Waals surface area contributed by atoms with Gasteiger partial charge in [-0.3, -0.25) is 4.98 Å². The minimum absolute atomic E-state index is 0.524. The van der Waals surface area contributed by atoms with Crippen LogP contribution in [0.2, 0.25) is 0 Å². The van der Waals surface area contributed by atoms with Crippen LogP contribution in [0.5, 0.6) is 5.75 Å². The van der Waals surface area contributed by atoms with Crippen LogP contribution in [0.4, 0.5) is 0 Å². The van der Waals surface area contributed by atoms with E-state index in [2.05, 4.69) is 22.0 Å². The van der Waals surface area contributed by atoms with Gasteiger partial charge in [0, 0.05) is 53.3 Å². The number of aromatic nitrogens is 1. The first-order valence-electron chi connectivity index (χ1n) is 10.7.